The SMILES string of the molecule is CCC(C)(CCNC)CCC(C)(CC)C(C)N. The quantitative estimate of drug-likeness (QED) is 0.649. The Kier molecular flexibility index (Phi) is 7.34. The van der Waals surface area contributed by atoms with Crippen LogP contribution in [0.5, 0.6) is 0 Å². The van der Waals surface area contributed by atoms with Crippen LogP contribution in [0.15, 0.2) is 0 Å². The zero-order valence-electron chi connectivity index (χ0n) is 12.9. The van der Waals surface area contributed by atoms with E-state index < -0.39 is 0 Å². The molecule has 0 rings (SSSR count). The number of hydrogen-bond donors (Lipinski definition) is 2. The predicted octanol–water partition coefficient (Wildman–Crippen LogP) is 3.56. The summed E-state index contributed by atoms with van der Waals surface area (Å²) >= 11 is 0. The molecule has 0 aliphatic carbocycles. The molecular formula is C15H34N2. The average Bonchev–Trinajstić information content (AvgIpc) is 2.33. The highest BCUT2D eigenvalue weighted by molar-refractivity contribution is 4.85. The van der Waals surface area contributed by atoms with Crippen LogP contribution in [0.4, 0.5) is 0 Å². The fraction of sp³-hybridized carbons (Fsp3) is 1.00. The molecule has 17 heavy (non-hydrogen) atoms. The molecule has 0 aliphatic rings. The molecule has 0 radical (unpaired) electrons. The first-order valence-electron chi connectivity index (χ1n) is 7.23. The molecule has 2 heteroatoms. The van der Waals surface area contributed by atoms with Crippen LogP contribution in [0.25, 0.3) is 0 Å². The van der Waals surface area contributed by atoms with Crippen LogP contribution in [-0.2, 0) is 0 Å². The zero-order valence-corrected chi connectivity index (χ0v) is 12.9. The van der Waals surface area contributed by atoms with Crippen molar-refractivity contribution in [3.05, 3.63) is 0 Å². The second kappa shape index (κ2) is 7.38. The Bertz CT molecular complexity index is 203. The van der Waals surface area contributed by atoms with Crippen LogP contribution in [0, 0.1) is 10.8 Å². The number of hydrogen-bond acceptors (Lipinski definition) is 2. The van der Waals surface area contributed by atoms with Crippen molar-refractivity contribution in [2.75, 3.05) is 13.6 Å². The summed E-state index contributed by atoms with van der Waals surface area (Å²) in [5, 5.41) is 3.27. The minimum absolute atomic E-state index is 0.290. The van der Waals surface area contributed by atoms with Crippen molar-refractivity contribution in [1.82, 2.24) is 5.32 Å². The maximum absolute atomic E-state index is 6.14. The lowest BCUT2D eigenvalue weighted by Crippen LogP contribution is -2.37. The van der Waals surface area contributed by atoms with Gasteiger partial charge in [0.2, 0.25) is 0 Å². The minimum atomic E-state index is 0.290. The molecule has 0 spiro atoms. The lowest BCUT2D eigenvalue weighted by molar-refractivity contribution is 0.164. The van der Waals surface area contributed by atoms with Crippen LogP contribution >= 0.6 is 0 Å². The molecule has 2 nitrogen and oxygen atoms in total. The standard InChI is InChI=1S/C15H34N2/c1-7-14(4,11-12-17-6)9-10-15(5,8-2)13(3)16/h13,17H,7-12,16H2,1-6H3. The van der Waals surface area contributed by atoms with Gasteiger partial charge in [-0.15, -0.1) is 0 Å². The third kappa shape index (κ3) is 5.39. The van der Waals surface area contributed by atoms with Gasteiger partial charge in [-0.25, -0.2) is 0 Å². The van der Waals surface area contributed by atoms with E-state index in [0.717, 1.165) is 6.54 Å². The molecule has 0 saturated heterocycles. The summed E-state index contributed by atoms with van der Waals surface area (Å²) in [7, 11) is 2.04. The van der Waals surface area contributed by atoms with Crippen molar-refractivity contribution in [1.29, 1.82) is 0 Å². The summed E-state index contributed by atoms with van der Waals surface area (Å²) in [5.41, 5.74) is 6.91. The maximum Gasteiger partial charge on any atom is 0.00642 e. The largest absolute Gasteiger partial charge is 0.327 e. The third-order valence-electron chi connectivity index (χ3n) is 5.04. The van der Waals surface area contributed by atoms with E-state index in [2.05, 4.69) is 39.9 Å². The van der Waals surface area contributed by atoms with E-state index in [0.29, 0.717) is 10.8 Å². The molecule has 3 unspecified atom stereocenters. The first-order chi connectivity index (χ1) is 7.83. The zero-order chi connectivity index (χ0) is 13.5. The first-order valence-corrected chi connectivity index (χ1v) is 7.23. The van der Waals surface area contributed by atoms with Gasteiger partial charge in [0.15, 0.2) is 0 Å². The average molecular weight is 242 g/mol. The van der Waals surface area contributed by atoms with Crippen molar-refractivity contribution in [2.45, 2.75) is 72.8 Å². The lowest BCUT2D eigenvalue weighted by atomic mass is 9.70. The summed E-state index contributed by atoms with van der Waals surface area (Å²) in [4.78, 5) is 0. The molecule has 3 N–H and O–H groups in total. The Balaban J connectivity index is 4.38. The smallest absolute Gasteiger partial charge is 0.00642 e. The van der Waals surface area contributed by atoms with E-state index in [-0.39, 0.29) is 6.04 Å². The van der Waals surface area contributed by atoms with Gasteiger partial charge in [0, 0.05) is 6.04 Å². The highest BCUT2D eigenvalue weighted by Gasteiger charge is 2.30. The molecule has 0 bridgehead atoms. The normalized spacial score (nSPS) is 20.6. The monoisotopic (exact) mass is 242 g/mol. The van der Waals surface area contributed by atoms with Crippen molar-refractivity contribution in [3.8, 4) is 0 Å². The van der Waals surface area contributed by atoms with Crippen molar-refractivity contribution in [2.24, 2.45) is 16.6 Å². The van der Waals surface area contributed by atoms with Crippen molar-refractivity contribution >= 4 is 0 Å². The van der Waals surface area contributed by atoms with E-state index in [9.17, 15) is 0 Å². The van der Waals surface area contributed by atoms with E-state index in [4.69, 9.17) is 5.73 Å². The molecule has 0 saturated carbocycles. The second-order valence-corrected chi connectivity index (χ2v) is 6.31. The molecule has 3 atom stereocenters. The van der Waals surface area contributed by atoms with Gasteiger partial charge in [0.05, 0.1) is 0 Å². The molecule has 0 aromatic heterocycles. The number of nitrogens with two attached hydrogens (primary N) is 1. The summed E-state index contributed by atoms with van der Waals surface area (Å²) < 4.78 is 0. The molecule has 0 heterocycles. The fourth-order valence-electron chi connectivity index (χ4n) is 2.22. The van der Waals surface area contributed by atoms with E-state index >= 15 is 0 Å². The summed E-state index contributed by atoms with van der Waals surface area (Å²) in [5.74, 6) is 0. The topological polar surface area (TPSA) is 38.0 Å². The Labute approximate surface area is 109 Å². The minimum Gasteiger partial charge on any atom is -0.327 e. The Morgan fingerprint density at radius 3 is 2.00 bits per heavy atom. The van der Waals surface area contributed by atoms with Crippen LogP contribution in [0.2, 0.25) is 0 Å². The van der Waals surface area contributed by atoms with Gasteiger partial charge in [0.1, 0.15) is 0 Å². The van der Waals surface area contributed by atoms with Gasteiger partial charge >= 0.3 is 0 Å². The van der Waals surface area contributed by atoms with Crippen LogP contribution < -0.4 is 11.1 Å². The predicted molar refractivity (Wildman–Crippen MR) is 78.2 cm³/mol. The van der Waals surface area contributed by atoms with Crippen molar-refractivity contribution < 1.29 is 0 Å². The highest BCUT2D eigenvalue weighted by atomic mass is 14.8. The van der Waals surface area contributed by atoms with Gasteiger partial charge < -0.3 is 11.1 Å². The van der Waals surface area contributed by atoms with Gasteiger partial charge in [-0.05, 0) is 57.0 Å². The molecule has 0 fully saturated rings. The highest BCUT2D eigenvalue weighted by Crippen LogP contribution is 2.38. The third-order valence-corrected chi connectivity index (χ3v) is 5.04. The fourth-order valence-corrected chi connectivity index (χ4v) is 2.22. The van der Waals surface area contributed by atoms with Gasteiger partial charge in [-0.3, -0.25) is 0 Å². The molecule has 104 valence electrons. The van der Waals surface area contributed by atoms with Crippen LogP contribution in [0.3, 0.4) is 0 Å². The molecule has 0 amide bonds. The molecule has 0 aromatic rings. The maximum atomic E-state index is 6.14. The number of rotatable bonds is 9. The van der Waals surface area contributed by atoms with Gasteiger partial charge in [-0.2, -0.15) is 0 Å². The first kappa shape index (κ1) is 16.9. The second-order valence-electron chi connectivity index (χ2n) is 6.31. The van der Waals surface area contributed by atoms with Gasteiger partial charge in [-0.1, -0.05) is 34.1 Å². The van der Waals surface area contributed by atoms with E-state index in [1.54, 1.807) is 0 Å². The Hall–Kier alpha value is -0.0800. The van der Waals surface area contributed by atoms with Gasteiger partial charge in [0.25, 0.3) is 0 Å². The van der Waals surface area contributed by atoms with E-state index in [1.165, 1.54) is 32.1 Å². The Morgan fingerprint density at radius 1 is 1.06 bits per heavy atom. The Morgan fingerprint density at radius 2 is 1.65 bits per heavy atom. The van der Waals surface area contributed by atoms with Crippen molar-refractivity contribution in [3.63, 3.8) is 0 Å². The molecular weight excluding hydrogens is 208 g/mol. The van der Waals surface area contributed by atoms with Crippen LogP contribution in [0.1, 0.15) is 66.7 Å². The summed E-state index contributed by atoms with van der Waals surface area (Å²) in [6, 6.07) is 0.290. The molecule has 0 aromatic carbocycles. The molecule has 0 aliphatic heterocycles. The lowest BCUT2D eigenvalue weighted by Gasteiger charge is -2.37. The summed E-state index contributed by atoms with van der Waals surface area (Å²) in [6.45, 7) is 12.6. The summed E-state index contributed by atoms with van der Waals surface area (Å²) in [6.07, 6.45) is 6.23. The van der Waals surface area contributed by atoms with Crippen LogP contribution in [-0.4, -0.2) is 19.6 Å². The number of nitrogens with one attached hydrogen (secondary N) is 1. The van der Waals surface area contributed by atoms with E-state index in [1.807, 2.05) is 7.05 Å².